The zero-order chi connectivity index (χ0) is 13.3. The van der Waals surface area contributed by atoms with Crippen molar-refractivity contribution in [2.75, 3.05) is 7.11 Å². The van der Waals surface area contributed by atoms with Crippen LogP contribution in [0.2, 0.25) is 0 Å². The Morgan fingerprint density at radius 2 is 1.82 bits per heavy atom. The Balaban J connectivity index is 5.01. The van der Waals surface area contributed by atoms with E-state index in [0.717, 1.165) is 11.1 Å². The molecule has 0 aromatic heterocycles. The van der Waals surface area contributed by atoms with E-state index in [4.69, 9.17) is 10.5 Å². The lowest BCUT2D eigenvalue weighted by atomic mass is 10.2. The van der Waals surface area contributed by atoms with Gasteiger partial charge in [-0.05, 0) is 25.5 Å². The van der Waals surface area contributed by atoms with Gasteiger partial charge in [-0.3, -0.25) is 0 Å². The highest BCUT2D eigenvalue weighted by atomic mass is 16.5. The van der Waals surface area contributed by atoms with Crippen LogP contribution in [0.5, 0.6) is 0 Å². The summed E-state index contributed by atoms with van der Waals surface area (Å²) in [6.45, 7) is 11.3. The van der Waals surface area contributed by atoms with E-state index in [0.29, 0.717) is 11.5 Å². The molecule has 2 N–H and O–H groups in total. The molecule has 0 aromatic rings. The summed E-state index contributed by atoms with van der Waals surface area (Å²) in [6, 6.07) is 0. The summed E-state index contributed by atoms with van der Waals surface area (Å²) in [6.07, 6.45) is 10.8. The van der Waals surface area contributed by atoms with Crippen molar-refractivity contribution in [2.24, 2.45) is 5.73 Å². The normalized spacial score (nSPS) is 12.4. The molecule has 2 heteroatoms. The van der Waals surface area contributed by atoms with E-state index in [2.05, 4.69) is 13.2 Å². The van der Waals surface area contributed by atoms with E-state index in [1.54, 1.807) is 25.3 Å². The van der Waals surface area contributed by atoms with E-state index in [1.165, 1.54) is 0 Å². The van der Waals surface area contributed by atoms with Gasteiger partial charge in [0.1, 0.15) is 5.76 Å². The van der Waals surface area contributed by atoms with Gasteiger partial charge in [0.15, 0.2) is 0 Å². The zero-order valence-electron chi connectivity index (χ0n) is 10.9. The maximum atomic E-state index is 5.83. The first-order chi connectivity index (χ1) is 8.04. The first-order valence-corrected chi connectivity index (χ1v) is 5.37. The molecule has 0 amide bonds. The maximum Gasteiger partial charge on any atom is 0.120 e. The van der Waals surface area contributed by atoms with Crippen LogP contribution in [0.25, 0.3) is 0 Å². The molecule has 0 rings (SSSR count). The Hall–Kier alpha value is -1.96. The first-order valence-electron chi connectivity index (χ1n) is 5.37. The fourth-order valence-electron chi connectivity index (χ4n) is 0.979. The summed E-state index contributed by atoms with van der Waals surface area (Å²) in [5.41, 5.74) is 8.55. The van der Waals surface area contributed by atoms with Crippen LogP contribution >= 0.6 is 0 Å². The molecule has 0 heterocycles. The highest BCUT2D eigenvalue weighted by Gasteiger charge is 1.93. The van der Waals surface area contributed by atoms with Crippen LogP contribution in [0.4, 0.5) is 0 Å². The van der Waals surface area contributed by atoms with Gasteiger partial charge in [0, 0.05) is 11.8 Å². The second-order valence-electron chi connectivity index (χ2n) is 3.65. The number of hydrogen-bond acceptors (Lipinski definition) is 2. The molecule has 0 bridgehead atoms. The first kappa shape index (κ1) is 15.0. The average Bonchev–Trinajstić information content (AvgIpc) is 2.31. The largest absolute Gasteiger partial charge is 0.497 e. The van der Waals surface area contributed by atoms with Crippen LogP contribution in [-0.2, 0) is 4.74 Å². The van der Waals surface area contributed by atoms with Crippen molar-refractivity contribution in [1.82, 2.24) is 0 Å². The fraction of sp³-hybridized carbons (Fsp3) is 0.200. The molecule has 0 aliphatic rings. The van der Waals surface area contributed by atoms with Crippen LogP contribution in [0.15, 0.2) is 72.2 Å². The Kier molecular flexibility index (Phi) is 7.27. The van der Waals surface area contributed by atoms with Gasteiger partial charge in [-0.1, -0.05) is 43.0 Å². The summed E-state index contributed by atoms with van der Waals surface area (Å²) in [4.78, 5) is 0. The second kappa shape index (κ2) is 8.22. The minimum absolute atomic E-state index is 0.695. The Bertz CT molecular complexity index is 391. The minimum Gasteiger partial charge on any atom is -0.497 e. The van der Waals surface area contributed by atoms with Crippen molar-refractivity contribution in [3.8, 4) is 0 Å². The molecule has 0 saturated carbocycles. The standard InChI is InChI=1S/C15H21NO/c1-6-8-13(7-2)9-10-14(17-5)11-15(16)12(3)4/h6-11H,1-2,16H2,3-5H3/b10-9+,13-8+,14-11-. The predicted molar refractivity (Wildman–Crippen MR) is 75.3 cm³/mol. The van der Waals surface area contributed by atoms with Gasteiger partial charge >= 0.3 is 0 Å². The summed E-state index contributed by atoms with van der Waals surface area (Å²) >= 11 is 0. The molecule has 17 heavy (non-hydrogen) atoms. The molecule has 0 fully saturated rings. The third kappa shape index (κ3) is 6.25. The van der Waals surface area contributed by atoms with E-state index in [-0.39, 0.29) is 0 Å². The number of ether oxygens (including phenoxy) is 1. The van der Waals surface area contributed by atoms with Gasteiger partial charge < -0.3 is 10.5 Å². The lowest BCUT2D eigenvalue weighted by Gasteiger charge is -2.02. The lowest BCUT2D eigenvalue weighted by Crippen LogP contribution is -1.97. The third-order valence-electron chi connectivity index (χ3n) is 2.10. The highest BCUT2D eigenvalue weighted by molar-refractivity contribution is 5.36. The molecule has 0 radical (unpaired) electrons. The Labute approximate surface area is 104 Å². The van der Waals surface area contributed by atoms with E-state index >= 15 is 0 Å². The van der Waals surface area contributed by atoms with Crippen molar-refractivity contribution in [1.29, 1.82) is 0 Å². The number of hydrogen-bond donors (Lipinski definition) is 1. The van der Waals surface area contributed by atoms with Crippen LogP contribution in [0.1, 0.15) is 13.8 Å². The highest BCUT2D eigenvalue weighted by Crippen LogP contribution is 2.07. The summed E-state index contributed by atoms with van der Waals surface area (Å²) in [5, 5.41) is 0. The van der Waals surface area contributed by atoms with Gasteiger partial charge in [-0.15, -0.1) is 0 Å². The molecule has 0 unspecified atom stereocenters. The van der Waals surface area contributed by atoms with Gasteiger partial charge in [0.2, 0.25) is 0 Å². The quantitative estimate of drug-likeness (QED) is 0.559. The second-order valence-corrected chi connectivity index (χ2v) is 3.65. The summed E-state index contributed by atoms with van der Waals surface area (Å²) < 4.78 is 5.22. The van der Waals surface area contributed by atoms with Crippen molar-refractivity contribution in [2.45, 2.75) is 13.8 Å². The van der Waals surface area contributed by atoms with Crippen LogP contribution in [0, 0.1) is 0 Å². The number of rotatable bonds is 6. The van der Waals surface area contributed by atoms with E-state index < -0.39 is 0 Å². The van der Waals surface area contributed by atoms with Crippen molar-refractivity contribution >= 4 is 0 Å². The topological polar surface area (TPSA) is 35.2 Å². The van der Waals surface area contributed by atoms with E-state index in [1.807, 2.05) is 32.1 Å². The smallest absolute Gasteiger partial charge is 0.120 e. The molecular formula is C15H21NO. The van der Waals surface area contributed by atoms with Gasteiger partial charge in [-0.2, -0.15) is 0 Å². The number of nitrogens with two attached hydrogens (primary N) is 1. The van der Waals surface area contributed by atoms with E-state index in [9.17, 15) is 0 Å². The molecule has 92 valence electrons. The monoisotopic (exact) mass is 231 g/mol. The summed E-state index contributed by atoms with van der Waals surface area (Å²) in [7, 11) is 1.61. The lowest BCUT2D eigenvalue weighted by molar-refractivity contribution is 0.306. The van der Waals surface area contributed by atoms with Crippen LogP contribution < -0.4 is 5.73 Å². The number of methoxy groups -OCH3 is 1. The fourth-order valence-corrected chi connectivity index (χ4v) is 0.979. The Morgan fingerprint density at radius 3 is 2.24 bits per heavy atom. The predicted octanol–water partition coefficient (Wildman–Crippen LogP) is 3.62. The molecule has 0 aliphatic heterocycles. The molecule has 0 saturated heterocycles. The molecule has 0 aromatic carbocycles. The average molecular weight is 231 g/mol. The summed E-state index contributed by atoms with van der Waals surface area (Å²) in [5.74, 6) is 0.695. The minimum atomic E-state index is 0.695. The molecule has 0 aliphatic carbocycles. The van der Waals surface area contributed by atoms with Gasteiger partial charge in [0.05, 0.1) is 7.11 Å². The van der Waals surface area contributed by atoms with Crippen LogP contribution in [0.3, 0.4) is 0 Å². The number of allylic oxidation sites excluding steroid dienone is 8. The van der Waals surface area contributed by atoms with Gasteiger partial charge in [-0.25, -0.2) is 0 Å². The molecule has 2 nitrogen and oxygen atoms in total. The molecular weight excluding hydrogens is 210 g/mol. The zero-order valence-corrected chi connectivity index (χ0v) is 10.9. The van der Waals surface area contributed by atoms with Gasteiger partial charge in [0.25, 0.3) is 0 Å². The SMILES string of the molecule is C=C/C=C(C=C)/C=C/C(=C/C(N)=C(C)C)OC. The van der Waals surface area contributed by atoms with Crippen molar-refractivity contribution < 1.29 is 4.74 Å². The van der Waals surface area contributed by atoms with Crippen molar-refractivity contribution in [3.05, 3.63) is 72.2 Å². The maximum absolute atomic E-state index is 5.83. The third-order valence-corrected chi connectivity index (χ3v) is 2.10. The Morgan fingerprint density at radius 1 is 1.18 bits per heavy atom. The van der Waals surface area contributed by atoms with Crippen LogP contribution in [-0.4, -0.2) is 7.11 Å². The molecule has 0 spiro atoms. The molecule has 0 atom stereocenters. The van der Waals surface area contributed by atoms with Crippen molar-refractivity contribution in [3.63, 3.8) is 0 Å².